The Morgan fingerprint density at radius 3 is 2.52 bits per heavy atom. The first-order chi connectivity index (χ1) is 13.0. The van der Waals surface area contributed by atoms with Crippen molar-refractivity contribution in [2.24, 2.45) is 0 Å². The first-order valence-corrected chi connectivity index (χ1v) is 9.35. The molecule has 2 aliphatic heterocycles. The SMILES string of the molecule is Cc1ccc(Cl)cc1NC(=O)c1cnc(N2CCC3(CC2)OCCO3)nc1. The standard InChI is InChI=1S/C19H21ClN4O3/c1-13-2-3-15(20)10-16(13)23-17(25)14-11-21-18(22-12-14)24-6-4-19(5-7-24)26-8-9-27-19/h2-3,10-12H,4-9H2,1H3,(H,23,25). The highest BCUT2D eigenvalue weighted by atomic mass is 35.5. The number of hydrogen-bond acceptors (Lipinski definition) is 6. The van der Waals surface area contributed by atoms with Crippen LogP contribution in [0.4, 0.5) is 11.6 Å². The fourth-order valence-corrected chi connectivity index (χ4v) is 3.53. The Morgan fingerprint density at radius 1 is 1.19 bits per heavy atom. The molecule has 1 aromatic carbocycles. The van der Waals surface area contributed by atoms with E-state index in [9.17, 15) is 4.79 Å². The van der Waals surface area contributed by atoms with E-state index in [2.05, 4.69) is 20.2 Å². The van der Waals surface area contributed by atoms with Crippen LogP contribution in [-0.2, 0) is 9.47 Å². The second kappa shape index (κ2) is 7.42. The van der Waals surface area contributed by atoms with Gasteiger partial charge < -0.3 is 19.7 Å². The van der Waals surface area contributed by atoms with Crippen molar-refractivity contribution in [3.05, 3.63) is 46.7 Å². The molecule has 0 atom stereocenters. The average molecular weight is 389 g/mol. The van der Waals surface area contributed by atoms with Crippen molar-refractivity contribution in [1.29, 1.82) is 0 Å². The molecule has 4 rings (SSSR count). The molecule has 8 heteroatoms. The Kier molecular flexibility index (Phi) is 4.99. The van der Waals surface area contributed by atoms with Gasteiger partial charge in [-0.15, -0.1) is 0 Å². The van der Waals surface area contributed by atoms with E-state index in [1.807, 2.05) is 13.0 Å². The summed E-state index contributed by atoms with van der Waals surface area (Å²) in [5.41, 5.74) is 2.01. The van der Waals surface area contributed by atoms with Crippen LogP contribution >= 0.6 is 11.6 Å². The molecule has 0 unspecified atom stereocenters. The van der Waals surface area contributed by atoms with Gasteiger partial charge in [0.15, 0.2) is 5.79 Å². The van der Waals surface area contributed by atoms with Gasteiger partial charge in [-0.25, -0.2) is 9.97 Å². The molecule has 2 saturated heterocycles. The van der Waals surface area contributed by atoms with Crippen molar-refractivity contribution >= 4 is 29.1 Å². The second-order valence-corrected chi connectivity index (χ2v) is 7.22. The van der Waals surface area contributed by atoms with Crippen LogP contribution in [0.2, 0.25) is 5.02 Å². The Morgan fingerprint density at radius 2 is 1.85 bits per heavy atom. The molecular weight excluding hydrogens is 368 g/mol. The minimum absolute atomic E-state index is 0.266. The monoisotopic (exact) mass is 388 g/mol. The molecule has 27 heavy (non-hydrogen) atoms. The lowest BCUT2D eigenvalue weighted by molar-refractivity contribution is -0.169. The fourth-order valence-electron chi connectivity index (χ4n) is 3.36. The summed E-state index contributed by atoms with van der Waals surface area (Å²) in [6.45, 7) is 4.74. The number of aryl methyl sites for hydroxylation is 1. The Bertz CT molecular complexity index is 827. The van der Waals surface area contributed by atoms with Gasteiger partial charge in [0.05, 0.1) is 18.8 Å². The van der Waals surface area contributed by atoms with Gasteiger partial charge in [-0.1, -0.05) is 17.7 Å². The number of carbonyl (C=O) groups is 1. The van der Waals surface area contributed by atoms with Crippen LogP contribution in [0.15, 0.2) is 30.6 Å². The average Bonchev–Trinajstić information content (AvgIpc) is 3.13. The van der Waals surface area contributed by atoms with E-state index in [4.69, 9.17) is 21.1 Å². The molecule has 1 amide bonds. The number of rotatable bonds is 3. The van der Waals surface area contributed by atoms with Gasteiger partial charge in [0, 0.05) is 49.0 Å². The molecule has 0 saturated carbocycles. The number of carbonyl (C=O) groups excluding carboxylic acids is 1. The zero-order valence-electron chi connectivity index (χ0n) is 15.1. The molecule has 3 heterocycles. The molecule has 7 nitrogen and oxygen atoms in total. The zero-order valence-corrected chi connectivity index (χ0v) is 15.8. The number of amides is 1. The minimum Gasteiger partial charge on any atom is -0.347 e. The molecule has 0 bridgehead atoms. The van der Waals surface area contributed by atoms with Crippen molar-refractivity contribution in [3.8, 4) is 0 Å². The van der Waals surface area contributed by atoms with Crippen molar-refractivity contribution in [2.75, 3.05) is 36.5 Å². The van der Waals surface area contributed by atoms with Gasteiger partial charge in [-0.2, -0.15) is 0 Å². The van der Waals surface area contributed by atoms with Crippen LogP contribution in [0.1, 0.15) is 28.8 Å². The quantitative estimate of drug-likeness (QED) is 0.870. The van der Waals surface area contributed by atoms with Gasteiger partial charge >= 0.3 is 0 Å². The lowest BCUT2D eigenvalue weighted by atomic mass is 10.0. The molecule has 1 aromatic heterocycles. The number of hydrogen-bond donors (Lipinski definition) is 1. The molecule has 2 fully saturated rings. The van der Waals surface area contributed by atoms with E-state index in [1.54, 1.807) is 24.5 Å². The largest absolute Gasteiger partial charge is 0.347 e. The highest BCUT2D eigenvalue weighted by molar-refractivity contribution is 6.31. The summed E-state index contributed by atoms with van der Waals surface area (Å²) in [5, 5.41) is 3.42. The summed E-state index contributed by atoms with van der Waals surface area (Å²) in [7, 11) is 0. The van der Waals surface area contributed by atoms with Crippen LogP contribution in [0.25, 0.3) is 0 Å². The van der Waals surface area contributed by atoms with E-state index >= 15 is 0 Å². The third kappa shape index (κ3) is 3.90. The summed E-state index contributed by atoms with van der Waals surface area (Å²) in [6.07, 6.45) is 4.66. The van der Waals surface area contributed by atoms with Gasteiger partial charge in [0.1, 0.15) is 0 Å². The minimum atomic E-state index is -0.425. The van der Waals surface area contributed by atoms with E-state index in [0.717, 1.165) is 31.5 Å². The Hall–Kier alpha value is -2.22. The van der Waals surface area contributed by atoms with Crippen LogP contribution < -0.4 is 10.2 Å². The summed E-state index contributed by atoms with van der Waals surface area (Å²) in [6, 6.07) is 5.37. The Labute approximate surface area is 162 Å². The third-order valence-corrected chi connectivity index (χ3v) is 5.20. The molecule has 2 aromatic rings. The van der Waals surface area contributed by atoms with Crippen LogP contribution in [0.5, 0.6) is 0 Å². The number of ether oxygens (including phenoxy) is 2. The summed E-state index contributed by atoms with van der Waals surface area (Å²) >= 11 is 6.00. The first kappa shape index (κ1) is 18.2. The van der Waals surface area contributed by atoms with Gasteiger partial charge in [-0.05, 0) is 24.6 Å². The summed E-state index contributed by atoms with van der Waals surface area (Å²) in [4.78, 5) is 23.3. The van der Waals surface area contributed by atoms with Gasteiger partial charge in [0.25, 0.3) is 5.91 Å². The van der Waals surface area contributed by atoms with Gasteiger partial charge in [-0.3, -0.25) is 4.79 Å². The molecule has 0 radical (unpaired) electrons. The van der Waals surface area contributed by atoms with E-state index < -0.39 is 5.79 Å². The number of halogens is 1. The highest BCUT2D eigenvalue weighted by Gasteiger charge is 2.40. The van der Waals surface area contributed by atoms with Crippen molar-refractivity contribution in [3.63, 3.8) is 0 Å². The fraction of sp³-hybridized carbons (Fsp3) is 0.421. The van der Waals surface area contributed by atoms with E-state index in [1.165, 1.54) is 0 Å². The molecule has 1 N–H and O–H groups in total. The number of benzene rings is 1. The van der Waals surface area contributed by atoms with Crippen LogP contribution in [0, 0.1) is 6.92 Å². The number of anilines is 2. The zero-order chi connectivity index (χ0) is 18.9. The highest BCUT2D eigenvalue weighted by Crippen LogP contribution is 2.32. The number of aromatic nitrogens is 2. The maximum absolute atomic E-state index is 12.5. The summed E-state index contributed by atoms with van der Waals surface area (Å²) < 4.78 is 11.5. The van der Waals surface area contributed by atoms with Crippen molar-refractivity contribution in [2.45, 2.75) is 25.6 Å². The third-order valence-electron chi connectivity index (χ3n) is 4.97. The molecule has 1 spiro atoms. The van der Waals surface area contributed by atoms with E-state index in [0.29, 0.717) is 35.4 Å². The van der Waals surface area contributed by atoms with Crippen LogP contribution in [-0.4, -0.2) is 48.0 Å². The van der Waals surface area contributed by atoms with E-state index in [-0.39, 0.29) is 5.91 Å². The molecule has 142 valence electrons. The van der Waals surface area contributed by atoms with Gasteiger partial charge in [0.2, 0.25) is 5.95 Å². The number of nitrogens with one attached hydrogen (secondary N) is 1. The van der Waals surface area contributed by atoms with Crippen molar-refractivity contribution < 1.29 is 14.3 Å². The van der Waals surface area contributed by atoms with Crippen molar-refractivity contribution in [1.82, 2.24) is 9.97 Å². The summed E-state index contributed by atoms with van der Waals surface area (Å²) in [5.74, 6) is -0.0823. The first-order valence-electron chi connectivity index (χ1n) is 8.97. The lowest BCUT2D eigenvalue weighted by Crippen LogP contribution is -2.45. The predicted molar refractivity (Wildman–Crippen MR) is 102 cm³/mol. The number of piperidine rings is 1. The normalized spacial score (nSPS) is 18.7. The maximum Gasteiger partial charge on any atom is 0.258 e. The van der Waals surface area contributed by atoms with Crippen LogP contribution in [0.3, 0.4) is 0 Å². The smallest absolute Gasteiger partial charge is 0.258 e. The molecule has 0 aliphatic carbocycles. The molecule has 2 aliphatic rings. The lowest BCUT2D eigenvalue weighted by Gasteiger charge is -2.37. The Balaban J connectivity index is 1.40. The maximum atomic E-state index is 12.5. The molecular formula is C19H21ClN4O3. The topological polar surface area (TPSA) is 76.6 Å². The predicted octanol–water partition coefficient (Wildman–Crippen LogP) is 3.03. The second-order valence-electron chi connectivity index (χ2n) is 6.78. The number of nitrogens with zero attached hydrogens (tertiary/aromatic N) is 3.